The van der Waals surface area contributed by atoms with Crippen LogP contribution in [0.4, 0.5) is 0 Å². The second kappa shape index (κ2) is 3.69. The zero-order valence-electron chi connectivity index (χ0n) is 8.66. The van der Waals surface area contributed by atoms with Crippen LogP contribution in [-0.4, -0.2) is 29.3 Å². The molecule has 1 atom stereocenters. The smallest absolute Gasteiger partial charge is 0.298 e. The monoisotopic (exact) mass is 254 g/mol. The number of rotatable bonds is 1. The summed E-state index contributed by atoms with van der Waals surface area (Å²) in [6, 6.07) is 6.17. The highest BCUT2D eigenvalue weighted by Crippen LogP contribution is 2.38. The molecule has 0 saturated carbocycles. The van der Waals surface area contributed by atoms with E-state index in [2.05, 4.69) is 6.58 Å². The summed E-state index contributed by atoms with van der Waals surface area (Å²) in [5.74, 6) is -0.809. The second-order valence-electron chi connectivity index (χ2n) is 3.66. The highest BCUT2D eigenvalue weighted by Gasteiger charge is 2.34. The third kappa shape index (κ3) is 1.76. The molecule has 1 aromatic rings. The van der Waals surface area contributed by atoms with Crippen LogP contribution in [0, 0.1) is 0 Å². The lowest BCUT2D eigenvalue weighted by Gasteiger charge is -2.24. The van der Waals surface area contributed by atoms with E-state index in [-0.39, 0.29) is 11.1 Å². The van der Waals surface area contributed by atoms with Gasteiger partial charge in [-0.3, -0.25) is 4.55 Å². The number of aliphatic hydroxyl groups excluding tert-OH is 2. The molecule has 2 rings (SSSR count). The van der Waals surface area contributed by atoms with Crippen molar-refractivity contribution in [3.8, 4) is 0 Å². The lowest BCUT2D eigenvalue weighted by Crippen LogP contribution is -2.22. The van der Waals surface area contributed by atoms with Crippen molar-refractivity contribution >= 4 is 20.6 Å². The lowest BCUT2D eigenvalue weighted by molar-refractivity contribution is 0.201. The van der Waals surface area contributed by atoms with Crippen molar-refractivity contribution in [3.63, 3.8) is 0 Å². The van der Waals surface area contributed by atoms with Gasteiger partial charge in [-0.1, -0.05) is 30.8 Å². The molecular weight excluding hydrogens is 244 g/mol. The van der Waals surface area contributed by atoms with E-state index >= 15 is 0 Å². The van der Waals surface area contributed by atoms with E-state index < -0.39 is 26.9 Å². The SMILES string of the molecule is C=C1c2ccccc2C(S(=O)(=O)O)=C(O)C1O. The molecule has 90 valence electrons. The molecule has 0 bridgehead atoms. The first-order valence-electron chi connectivity index (χ1n) is 4.71. The number of hydrogen-bond acceptors (Lipinski definition) is 4. The third-order valence-electron chi connectivity index (χ3n) is 2.60. The first-order valence-corrected chi connectivity index (χ1v) is 6.15. The third-order valence-corrected chi connectivity index (χ3v) is 3.54. The van der Waals surface area contributed by atoms with Crippen molar-refractivity contribution < 1.29 is 23.2 Å². The van der Waals surface area contributed by atoms with Crippen molar-refractivity contribution in [2.24, 2.45) is 0 Å². The molecule has 1 aliphatic rings. The summed E-state index contributed by atoms with van der Waals surface area (Å²) in [7, 11) is -4.62. The minimum atomic E-state index is -4.62. The van der Waals surface area contributed by atoms with Crippen LogP contribution >= 0.6 is 0 Å². The Morgan fingerprint density at radius 2 is 1.71 bits per heavy atom. The Kier molecular flexibility index (Phi) is 2.57. The zero-order chi connectivity index (χ0) is 12.8. The van der Waals surface area contributed by atoms with Gasteiger partial charge in [0.1, 0.15) is 16.8 Å². The molecule has 1 aliphatic carbocycles. The van der Waals surface area contributed by atoms with Gasteiger partial charge >= 0.3 is 0 Å². The Morgan fingerprint density at radius 1 is 1.18 bits per heavy atom. The first-order chi connectivity index (χ1) is 7.84. The van der Waals surface area contributed by atoms with Gasteiger partial charge in [-0.05, 0) is 11.1 Å². The van der Waals surface area contributed by atoms with Crippen molar-refractivity contribution in [2.75, 3.05) is 0 Å². The number of benzene rings is 1. The van der Waals surface area contributed by atoms with Crippen molar-refractivity contribution in [2.45, 2.75) is 6.10 Å². The molecule has 0 fully saturated rings. The van der Waals surface area contributed by atoms with Gasteiger partial charge in [0.2, 0.25) is 0 Å². The molecule has 1 aromatic carbocycles. The summed E-state index contributed by atoms with van der Waals surface area (Å²) >= 11 is 0. The van der Waals surface area contributed by atoms with Crippen molar-refractivity contribution in [1.82, 2.24) is 0 Å². The minimum Gasteiger partial charge on any atom is -0.508 e. The van der Waals surface area contributed by atoms with E-state index in [4.69, 9.17) is 4.55 Å². The summed E-state index contributed by atoms with van der Waals surface area (Å²) in [6.07, 6.45) is -1.53. The highest BCUT2D eigenvalue weighted by atomic mass is 32.2. The van der Waals surface area contributed by atoms with Crippen LogP contribution < -0.4 is 0 Å². The zero-order valence-corrected chi connectivity index (χ0v) is 9.48. The molecule has 1 unspecified atom stereocenters. The fourth-order valence-electron chi connectivity index (χ4n) is 1.81. The molecule has 0 saturated heterocycles. The fourth-order valence-corrected chi connectivity index (χ4v) is 2.64. The molecule has 6 heteroatoms. The Labute approximate surface area is 98.1 Å². The fraction of sp³-hybridized carbons (Fsp3) is 0.0909. The molecule has 0 radical (unpaired) electrons. The second-order valence-corrected chi connectivity index (χ2v) is 5.02. The number of fused-ring (bicyclic) bond motifs is 1. The minimum absolute atomic E-state index is 0.128. The van der Waals surface area contributed by atoms with Gasteiger partial charge < -0.3 is 10.2 Å². The molecule has 5 nitrogen and oxygen atoms in total. The van der Waals surface area contributed by atoms with E-state index in [0.717, 1.165) is 0 Å². The Bertz CT molecular complexity index is 627. The Morgan fingerprint density at radius 3 is 2.24 bits per heavy atom. The summed E-state index contributed by atoms with van der Waals surface area (Å²) < 4.78 is 31.5. The van der Waals surface area contributed by atoms with Gasteiger partial charge in [0.15, 0.2) is 0 Å². The maximum atomic E-state index is 11.2. The quantitative estimate of drug-likeness (QED) is 0.654. The maximum Gasteiger partial charge on any atom is 0.298 e. The predicted molar refractivity (Wildman–Crippen MR) is 62.6 cm³/mol. The van der Waals surface area contributed by atoms with Crippen LogP contribution in [0.2, 0.25) is 0 Å². The van der Waals surface area contributed by atoms with Gasteiger partial charge in [-0.15, -0.1) is 0 Å². The maximum absolute atomic E-state index is 11.2. The number of hydrogen-bond donors (Lipinski definition) is 3. The molecule has 0 amide bonds. The van der Waals surface area contributed by atoms with E-state index in [1.165, 1.54) is 6.07 Å². The molecule has 0 spiro atoms. The van der Waals surface area contributed by atoms with Crippen LogP contribution in [0.1, 0.15) is 11.1 Å². The van der Waals surface area contributed by atoms with Gasteiger partial charge in [0, 0.05) is 5.56 Å². The van der Waals surface area contributed by atoms with Crippen LogP contribution in [0.3, 0.4) is 0 Å². The largest absolute Gasteiger partial charge is 0.508 e. The number of aliphatic hydroxyl groups is 2. The molecular formula is C11H10O5S. The van der Waals surface area contributed by atoms with Gasteiger partial charge in [0.05, 0.1) is 0 Å². The summed E-state index contributed by atoms with van der Waals surface area (Å²) in [4.78, 5) is -0.673. The Balaban J connectivity index is 2.85. The van der Waals surface area contributed by atoms with E-state index in [1.807, 2.05) is 0 Å². The predicted octanol–water partition coefficient (Wildman–Crippen LogP) is 1.19. The van der Waals surface area contributed by atoms with Crippen LogP contribution in [-0.2, 0) is 10.1 Å². The molecule has 3 N–H and O–H groups in total. The van der Waals surface area contributed by atoms with Gasteiger partial charge in [0.25, 0.3) is 10.1 Å². The standard InChI is InChI=1S/C11H10O5S/c1-6-7-4-2-3-5-8(7)11(17(14,15)16)10(13)9(6)12/h2-5,9,12-13H,1H2,(H,14,15,16). The van der Waals surface area contributed by atoms with Crippen LogP contribution in [0.5, 0.6) is 0 Å². The summed E-state index contributed by atoms with van der Waals surface area (Å²) in [6.45, 7) is 3.58. The van der Waals surface area contributed by atoms with Crippen LogP contribution in [0.15, 0.2) is 36.6 Å². The summed E-state index contributed by atoms with van der Waals surface area (Å²) in [5.41, 5.74) is 0.693. The molecule has 0 aromatic heterocycles. The van der Waals surface area contributed by atoms with Gasteiger partial charge in [-0.2, -0.15) is 8.42 Å². The summed E-state index contributed by atoms with van der Waals surface area (Å²) in [5, 5.41) is 19.3. The topological polar surface area (TPSA) is 94.8 Å². The first kappa shape index (κ1) is 11.8. The van der Waals surface area contributed by atoms with E-state index in [0.29, 0.717) is 5.56 Å². The van der Waals surface area contributed by atoms with Crippen molar-refractivity contribution in [3.05, 3.63) is 47.7 Å². The molecule has 17 heavy (non-hydrogen) atoms. The molecule has 0 heterocycles. The van der Waals surface area contributed by atoms with Gasteiger partial charge in [-0.25, -0.2) is 0 Å². The van der Waals surface area contributed by atoms with E-state index in [9.17, 15) is 18.6 Å². The van der Waals surface area contributed by atoms with Crippen LogP contribution in [0.25, 0.3) is 10.5 Å². The Hall–Kier alpha value is -1.63. The highest BCUT2D eigenvalue weighted by molar-refractivity contribution is 7.95. The normalized spacial score (nSPS) is 20.4. The van der Waals surface area contributed by atoms with Crippen molar-refractivity contribution in [1.29, 1.82) is 0 Å². The average Bonchev–Trinajstić information content (AvgIpc) is 2.24. The molecule has 0 aliphatic heterocycles. The lowest BCUT2D eigenvalue weighted by atomic mass is 9.90. The average molecular weight is 254 g/mol. The van der Waals surface area contributed by atoms with E-state index in [1.54, 1.807) is 18.2 Å².